The predicted octanol–water partition coefficient (Wildman–Crippen LogP) is 2.86. The fourth-order valence-corrected chi connectivity index (χ4v) is 1.77. The van der Waals surface area contributed by atoms with Crippen LogP contribution in [0, 0.1) is 0 Å². The van der Waals surface area contributed by atoms with Crippen LogP contribution in [0.5, 0.6) is 0 Å². The lowest BCUT2D eigenvalue weighted by atomic mass is 10.1. The molecule has 96 valence electrons. The van der Waals surface area contributed by atoms with E-state index in [1.54, 1.807) is 0 Å². The first kappa shape index (κ1) is 14.5. The third-order valence-corrected chi connectivity index (χ3v) is 2.89. The highest BCUT2D eigenvalue weighted by molar-refractivity contribution is 6.30. The van der Waals surface area contributed by atoms with Gasteiger partial charge in [-0.3, -0.25) is 0 Å². The van der Waals surface area contributed by atoms with E-state index >= 15 is 0 Å². The molecule has 0 aliphatic carbocycles. The van der Waals surface area contributed by atoms with E-state index in [1.165, 1.54) is 18.4 Å². The summed E-state index contributed by atoms with van der Waals surface area (Å²) in [6.45, 7) is 6.56. The summed E-state index contributed by atoms with van der Waals surface area (Å²) in [5.74, 6) is 0. The zero-order chi connectivity index (χ0) is 12.3. The SMILES string of the molecule is CCCNCCCNCCc1ccc(Cl)cc1. The van der Waals surface area contributed by atoms with Crippen molar-refractivity contribution in [3.05, 3.63) is 34.9 Å². The summed E-state index contributed by atoms with van der Waals surface area (Å²) >= 11 is 5.83. The molecular weight excluding hydrogens is 232 g/mol. The summed E-state index contributed by atoms with van der Waals surface area (Å²) < 4.78 is 0. The van der Waals surface area contributed by atoms with Gasteiger partial charge in [-0.1, -0.05) is 30.7 Å². The summed E-state index contributed by atoms with van der Waals surface area (Å²) in [6.07, 6.45) is 3.48. The first-order valence-electron chi connectivity index (χ1n) is 6.49. The van der Waals surface area contributed by atoms with Gasteiger partial charge in [-0.2, -0.15) is 0 Å². The van der Waals surface area contributed by atoms with Gasteiger partial charge in [0.05, 0.1) is 0 Å². The lowest BCUT2D eigenvalue weighted by molar-refractivity contribution is 0.593. The molecular formula is C14H23ClN2. The van der Waals surface area contributed by atoms with Gasteiger partial charge in [0.1, 0.15) is 0 Å². The van der Waals surface area contributed by atoms with E-state index in [4.69, 9.17) is 11.6 Å². The first-order chi connectivity index (χ1) is 8.33. The number of benzene rings is 1. The van der Waals surface area contributed by atoms with Gasteiger partial charge in [-0.25, -0.2) is 0 Å². The Bertz CT molecular complexity index is 285. The Morgan fingerprint density at radius 3 is 2.24 bits per heavy atom. The zero-order valence-corrected chi connectivity index (χ0v) is 11.4. The molecule has 0 saturated heterocycles. The predicted molar refractivity (Wildman–Crippen MR) is 75.8 cm³/mol. The molecule has 17 heavy (non-hydrogen) atoms. The molecule has 1 aromatic carbocycles. The molecule has 1 rings (SSSR count). The Balaban J connectivity index is 1.95. The highest BCUT2D eigenvalue weighted by Gasteiger charge is 1.93. The van der Waals surface area contributed by atoms with Gasteiger partial charge >= 0.3 is 0 Å². The van der Waals surface area contributed by atoms with Crippen molar-refractivity contribution in [2.75, 3.05) is 26.2 Å². The van der Waals surface area contributed by atoms with Gasteiger partial charge in [0.25, 0.3) is 0 Å². The first-order valence-corrected chi connectivity index (χ1v) is 6.86. The fourth-order valence-electron chi connectivity index (χ4n) is 1.65. The third kappa shape index (κ3) is 7.37. The van der Waals surface area contributed by atoms with E-state index in [2.05, 4.69) is 29.7 Å². The Hall–Kier alpha value is -0.570. The summed E-state index contributed by atoms with van der Waals surface area (Å²) in [5.41, 5.74) is 1.34. The molecule has 0 heterocycles. The lowest BCUT2D eigenvalue weighted by Crippen LogP contribution is -2.23. The number of halogens is 1. The standard InChI is InChI=1S/C14H23ClN2/c1-2-9-16-10-3-11-17-12-8-13-4-6-14(15)7-5-13/h4-7,16-17H,2-3,8-12H2,1H3. The third-order valence-electron chi connectivity index (χ3n) is 2.64. The van der Waals surface area contributed by atoms with Gasteiger partial charge in [0.2, 0.25) is 0 Å². The minimum absolute atomic E-state index is 0.809. The van der Waals surface area contributed by atoms with Gasteiger partial charge in [0, 0.05) is 5.02 Å². The molecule has 0 aliphatic heterocycles. The minimum Gasteiger partial charge on any atom is -0.317 e. The summed E-state index contributed by atoms with van der Waals surface area (Å²) in [5, 5.41) is 7.66. The molecule has 2 nitrogen and oxygen atoms in total. The van der Waals surface area contributed by atoms with Crippen LogP contribution in [0.2, 0.25) is 5.02 Å². The van der Waals surface area contributed by atoms with Crippen molar-refractivity contribution in [2.45, 2.75) is 26.2 Å². The van der Waals surface area contributed by atoms with Crippen molar-refractivity contribution < 1.29 is 0 Å². The van der Waals surface area contributed by atoms with Gasteiger partial charge in [-0.15, -0.1) is 0 Å². The normalized spacial score (nSPS) is 10.7. The van der Waals surface area contributed by atoms with Crippen molar-refractivity contribution in [2.24, 2.45) is 0 Å². The van der Waals surface area contributed by atoms with Crippen molar-refractivity contribution in [1.82, 2.24) is 10.6 Å². The largest absolute Gasteiger partial charge is 0.317 e. The molecule has 1 aromatic rings. The maximum atomic E-state index is 5.83. The number of hydrogen-bond donors (Lipinski definition) is 2. The molecule has 0 radical (unpaired) electrons. The van der Waals surface area contributed by atoms with Crippen LogP contribution >= 0.6 is 11.6 Å². The van der Waals surface area contributed by atoms with Crippen molar-refractivity contribution in [1.29, 1.82) is 0 Å². The van der Waals surface area contributed by atoms with Crippen LogP contribution < -0.4 is 10.6 Å². The minimum atomic E-state index is 0.809. The second kappa shape index (κ2) is 9.46. The molecule has 0 spiro atoms. The monoisotopic (exact) mass is 254 g/mol. The molecule has 2 N–H and O–H groups in total. The van der Waals surface area contributed by atoms with E-state index in [9.17, 15) is 0 Å². The highest BCUT2D eigenvalue weighted by Crippen LogP contribution is 2.09. The summed E-state index contributed by atoms with van der Waals surface area (Å²) in [6, 6.07) is 8.08. The van der Waals surface area contributed by atoms with E-state index < -0.39 is 0 Å². The van der Waals surface area contributed by atoms with Crippen LogP contribution in [0.25, 0.3) is 0 Å². The van der Waals surface area contributed by atoms with Crippen molar-refractivity contribution >= 4 is 11.6 Å². The second-order valence-corrected chi connectivity index (χ2v) is 4.67. The lowest BCUT2D eigenvalue weighted by Gasteiger charge is -2.06. The van der Waals surface area contributed by atoms with Crippen LogP contribution in [-0.4, -0.2) is 26.2 Å². The highest BCUT2D eigenvalue weighted by atomic mass is 35.5. The quantitative estimate of drug-likeness (QED) is 0.663. The van der Waals surface area contributed by atoms with Crippen molar-refractivity contribution in [3.63, 3.8) is 0 Å². The van der Waals surface area contributed by atoms with E-state index in [-0.39, 0.29) is 0 Å². The molecule has 0 amide bonds. The fraction of sp³-hybridized carbons (Fsp3) is 0.571. The topological polar surface area (TPSA) is 24.1 Å². The van der Waals surface area contributed by atoms with Crippen LogP contribution in [0.3, 0.4) is 0 Å². The van der Waals surface area contributed by atoms with Crippen LogP contribution in [0.1, 0.15) is 25.3 Å². The van der Waals surface area contributed by atoms with Crippen molar-refractivity contribution in [3.8, 4) is 0 Å². The Morgan fingerprint density at radius 1 is 0.941 bits per heavy atom. The second-order valence-electron chi connectivity index (χ2n) is 4.23. The number of nitrogens with one attached hydrogen (secondary N) is 2. The Labute approximate surface area is 110 Å². The Morgan fingerprint density at radius 2 is 1.59 bits per heavy atom. The number of hydrogen-bond acceptors (Lipinski definition) is 2. The average Bonchev–Trinajstić information content (AvgIpc) is 2.35. The Kier molecular flexibility index (Phi) is 8.06. The molecule has 0 unspecified atom stereocenters. The molecule has 0 bridgehead atoms. The maximum Gasteiger partial charge on any atom is 0.0406 e. The smallest absolute Gasteiger partial charge is 0.0406 e. The summed E-state index contributed by atoms with van der Waals surface area (Å²) in [7, 11) is 0. The zero-order valence-electron chi connectivity index (χ0n) is 10.6. The molecule has 0 saturated carbocycles. The van der Waals surface area contributed by atoms with Crippen LogP contribution in [-0.2, 0) is 6.42 Å². The average molecular weight is 255 g/mol. The van der Waals surface area contributed by atoms with Crippen LogP contribution in [0.15, 0.2) is 24.3 Å². The van der Waals surface area contributed by atoms with Gasteiger partial charge < -0.3 is 10.6 Å². The number of rotatable bonds is 9. The molecule has 0 fully saturated rings. The van der Waals surface area contributed by atoms with E-state index in [1.807, 2.05) is 12.1 Å². The van der Waals surface area contributed by atoms with Gasteiger partial charge in [0.15, 0.2) is 0 Å². The van der Waals surface area contributed by atoms with Crippen LogP contribution in [0.4, 0.5) is 0 Å². The molecule has 0 atom stereocenters. The summed E-state index contributed by atoms with van der Waals surface area (Å²) in [4.78, 5) is 0. The maximum absolute atomic E-state index is 5.83. The van der Waals surface area contributed by atoms with E-state index in [0.29, 0.717) is 0 Å². The molecule has 0 aromatic heterocycles. The van der Waals surface area contributed by atoms with E-state index in [0.717, 1.165) is 37.6 Å². The van der Waals surface area contributed by atoms with Gasteiger partial charge in [-0.05, 0) is 63.1 Å². The molecule has 3 heteroatoms. The molecule has 0 aliphatic rings.